The summed E-state index contributed by atoms with van der Waals surface area (Å²) < 4.78 is 25.2. The molecule has 0 spiro atoms. The minimum atomic E-state index is -3.73. The summed E-state index contributed by atoms with van der Waals surface area (Å²) >= 11 is 6.25. The largest absolute Gasteiger partial charge is 0.367 e. The number of hydroxylamine groups is 1. The van der Waals surface area contributed by atoms with Gasteiger partial charge in [0, 0.05) is 38.8 Å². The SMILES string of the molecule is CON(C)S(=O)(=O)c1ccc(C(=O)N2CCN(c3ccccc3Cl)CC2)cc1. The maximum Gasteiger partial charge on any atom is 0.264 e. The van der Waals surface area contributed by atoms with Crippen LogP contribution in [-0.4, -0.2) is 64.0 Å². The summed E-state index contributed by atoms with van der Waals surface area (Å²) in [6.45, 7) is 2.49. The van der Waals surface area contributed by atoms with Gasteiger partial charge in [-0.3, -0.25) is 9.63 Å². The Labute approximate surface area is 170 Å². The van der Waals surface area contributed by atoms with Crippen LogP contribution in [0.2, 0.25) is 5.02 Å². The summed E-state index contributed by atoms with van der Waals surface area (Å²) in [5.41, 5.74) is 1.42. The van der Waals surface area contributed by atoms with E-state index in [-0.39, 0.29) is 10.8 Å². The average molecular weight is 424 g/mol. The van der Waals surface area contributed by atoms with Crippen molar-refractivity contribution >= 4 is 33.2 Å². The minimum absolute atomic E-state index is 0.0666. The smallest absolute Gasteiger partial charge is 0.264 e. The van der Waals surface area contributed by atoms with Crippen molar-refractivity contribution in [3.05, 3.63) is 59.1 Å². The Kier molecular flexibility index (Phi) is 6.24. The maximum absolute atomic E-state index is 12.8. The lowest BCUT2D eigenvalue weighted by molar-refractivity contribution is -0.0258. The molecule has 2 aromatic carbocycles. The lowest BCUT2D eigenvalue weighted by Crippen LogP contribution is -2.48. The molecule has 1 aliphatic rings. The predicted molar refractivity (Wildman–Crippen MR) is 108 cm³/mol. The van der Waals surface area contributed by atoms with E-state index in [1.807, 2.05) is 24.3 Å². The van der Waals surface area contributed by atoms with Crippen LogP contribution >= 0.6 is 11.6 Å². The van der Waals surface area contributed by atoms with Gasteiger partial charge in [-0.15, -0.1) is 0 Å². The van der Waals surface area contributed by atoms with Crippen LogP contribution in [0.3, 0.4) is 0 Å². The number of hydrogen-bond acceptors (Lipinski definition) is 5. The van der Waals surface area contributed by atoms with Crippen molar-refractivity contribution in [2.24, 2.45) is 0 Å². The monoisotopic (exact) mass is 423 g/mol. The number of carbonyl (C=O) groups is 1. The molecule has 0 N–H and O–H groups in total. The number of benzene rings is 2. The first kappa shape index (κ1) is 20.6. The quantitative estimate of drug-likeness (QED) is 0.691. The van der Waals surface area contributed by atoms with E-state index in [0.29, 0.717) is 36.8 Å². The second-order valence-corrected chi connectivity index (χ2v) is 8.70. The molecule has 150 valence electrons. The Morgan fingerprint density at radius 3 is 2.21 bits per heavy atom. The zero-order valence-corrected chi connectivity index (χ0v) is 17.3. The molecule has 0 aliphatic carbocycles. The van der Waals surface area contributed by atoms with E-state index in [0.717, 1.165) is 10.2 Å². The molecule has 9 heteroatoms. The molecule has 0 unspecified atom stereocenters. The number of sulfonamides is 1. The zero-order chi connectivity index (χ0) is 20.3. The highest BCUT2D eigenvalue weighted by Gasteiger charge is 2.25. The molecule has 7 nitrogen and oxygen atoms in total. The number of piperazine rings is 1. The normalized spacial score (nSPS) is 15.1. The summed E-state index contributed by atoms with van der Waals surface area (Å²) in [7, 11) is -1.14. The fourth-order valence-corrected chi connectivity index (χ4v) is 4.29. The van der Waals surface area contributed by atoms with Crippen LogP contribution in [0.25, 0.3) is 0 Å². The fraction of sp³-hybridized carbons (Fsp3) is 0.316. The highest BCUT2D eigenvalue weighted by atomic mass is 35.5. The summed E-state index contributed by atoms with van der Waals surface area (Å²) in [5.74, 6) is -0.122. The Hall–Kier alpha value is -2.13. The number of halogens is 1. The lowest BCUT2D eigenvalue weighted by Gasteiger charge is -2.36. The van der Waals surface area contributed by atoms with Gasteiger partial charge in [0.05, 0.1) is 22.7 Å². The molecule has 0 saturated carbocycles. The Morgan fingerprint density at radius 2 is 1.64 bits per heavy atom. The van der Waals surface area contributed by atoms with Gasteiger partial charge in [-0.1, -0.05) is 28.2 Å². The van der Waals surface area contributed by atoms with Gasteiger partial charge in [-0.25, -0.2) is 8.42 Å². The van der Waals surface area contributed by atoms with Crippen molar-refractivity contribution in [3.8, 4) is 0 Å². The summed E-state index contributed by atoms with van der Waals surface area (Å²) in [6, 6.07) is 13.5. The second-order valence-electron chi connectivity index (χ2n) is 6.35. The van der Waals surface area contributed by atoms with E-state index >= 15 is 0 Å². The lowest BCUT2D eigenvalue weighted by atomic mass is 10.1. The topological polar surface area (TPSA) is 70.2 Å². The van der Waals surface area contributed by atoms with Crippen molar-refractivity contribution in [2.75, 3.05) is 45.2 Å². The Balaban J connectivity index is 1.66. The molecule has 0 radical (unpaired) electrons. The molecule has 28 heavy (non-hydrogen) atoms. The molecule has 0 bridgehead atoms. The van der Waals surface area contributed by atoms with Crippen LogP contribution in [0.5, 0.6) is 0 Å². The number of carbonyl (C=O) groups excluding carboxylic acids is 1. The van der Waals surface area contributed by atoms with Gasteiger partial charge in [-0.05, 0) is 36.4 Å². The van der Waals surface area contributed by atoms with E-state index in [2.05, 4.69) is 4.90 Å². The van der Waals surface area contributed by atoms with Crippen molar-refractivity contribution in [1.29, 1.82) is 0 Å². The molecule has 1 aliphatic heterocycles. The zero-order valence-electron chi connectivity index (χ0n) is 15.7. The molecule has 3 rings (SSSR count). The molecule has 1 saturated heterocycles. The standard InChI is InChI=1S/C19H22ClN3O4S/c1-21(27-2)28(25,26)16-9-7-15(8-10-16)19(24)23-13-11-22(12-14-23)18-6-4-3-5-17(18)20/h3-10H,11-14H2,1-2H3. The third kappa shape index (κ3) is 4.15. The van der Waals surface area contributed by atoms with Crippen LogP contribution < -0.4 is 4.90 Å². The average Bonchev–Trinajstić information content (AvgIpc) is 2.73. The van der Waals surface area contributed by atoms with Gasteiger partial charge in [-0.2, -0.15) is 0 Å². The fourth-order valence-electron chi connectivity index (χ4n) is 3.06. The predicted octanol–water partition coefficient (Wildman–Crippen LogP) is 2.48. The van der Waals surface area contributed by atoms with Crippen LogP contribution in [0.15, 0.2) is 53.4 Å². The number of nitrogens with zero attached hydrogens (tertiary/aromatic N) is 3. The van der Waals surface area contributed by atoms with Gasteiger partial charge in [0.2, 0.25) is 0 Å². The second kappa shape index (κ2) is 8.48. The number of hydrogen-bond donors (Lipinski definition) is 0. The number of para-hydroxylation sites is 1. The van der Waals surface area contributed by atoms with Crippen LogP contribution in [0, 0.1) is 0 Å². The van der Waals surface area contributed by atoms with E-state index in [9.17, 15) is 13.2 Å². The third-order valence-electron chi connectivity index (χ3n) is 4.75. The van der Waals surface area contributed by atoms with Gasteiger partial charge in [0.15, 0.2) is 0 Å². The number of rotatable bonds is 5. The van der Waals surface area contributed by atoms with Gasteiger partial charge < -0.3 is 9.80 Å². The maximum atomic E-state index is 12.8. The first-order chi connectivity index (χ1) is 13.3. The van der Waals surface area contributed by atoms with Crippen LogP contribution in [-0.2, 0) is 14.9 Å². The third-order valence-corrected chi connectivity index (χ3v) is 6.77. The molecule has 1 heterocycles. The molecule has 0 aromatic heterocycles. The number of amides is 1. The molecule has 0 atom stereocenters. The summed E-state index contributed by atoms with van der Waals surface area (Å²) in [4.78, 5) is 21.5. The molecule has 1 amide bonds. The number of anilines is 1. The molecule has 1 fully saturated rings. The van der Waals surface area contributed by atoms with Crippen molar-refractivity contribution in [2.45, 2.75) is 4.90 Å². The Morgan fingerprint density at radius 1 is 1.04 bits per heavy atom. The van der Waals surface area contributed by atoms with Gasteiger partial charge in [0.1, 0.15) is 0 Å². The molecular weight excluding hydrogens is 402 g/mol. The van der Waals surface area contributed by atoms with Crippen molar-refractivity contribution < 1.29 is 18.0 Å². The van der Waals surface area contributed by atoms with E-state index in [1.165, 1.54) is 38.4 Å². The summed E-state index contributed by atoms with van der Waals surface area (Å²) in [5, 5.41) is 0.695. The van der Waals surface area contributed by atoms with Crippen molar-refractivity contribution in [3.63, 3.8) is 0 Å². The molecular formula is C19H22ClN3O4S. The van der Waals surface area contributed by atoms with Crippen LogP contribution in [0.1, 0.15) is 10.4 Å². The van der Waals surface area contributed by atoms with Crippen LogP contribution in [0.4, 0.5) is 5.69 Å². The van der Waals surface area contributed by atoms with Gasteiger partial charge >= 0.3 is 0 Å². The highest BCUT2D eigenvalue weighted by molar-refractivity contribution is 7.89. The van der Waals surface area contributed by atoms with E-state index in [4.69, 9.17) is 16.4 Å². The van der Waals surface area contributed by atoms with Crippen molar-refractivity contribution in [1.82, 2.24) is 9.37 Å². The first-order valence-electron chi connectivity index (χ1n) is 8.76. The van der Waals surface area contributed by atoms with Gasteiger partial charge in [0.25, 0.3) is 15.9 Å². The summed E-state index contributed by atoms with van der Waals surface area (Å²) in [6.07, 6.45) is 0. The van der Waals surface area contributed by atoms with E-state index in [1.54, 1.807) is 4.90 Å². The van der Waals surface area contributed by atoms with E-state index < -0.39 is 10.0 Å². The Bertz CT molecular complexity index is 942. The molecule has 2 aromatic rings. The highest BCUT2D eigenvalue weighted by Crippen LogP contribution is 2.26. The minimum Gasteiger partial charge on any atom is -0.367 e. The first-order valence-corrected chi connectivity index (χ1v) is 10.6.